The third-order valence-corrected chi connectivity index (χ3v) is 2.70. The highest BCUT2D eigenvalue weighted by Gasteiger charge is 2.24. The highest BCUT2D eigenvalue weighted by atomic mass is 16.2. The number of nitrogens with zero attached hydrogens (tertiary/aromatic N) is 1. The molecule has 1 aliphatic heterocycles. The Kier molecular flexibility index (Phi) is 2.64. The average Bonchev–Trinajstić information content (AvgIpc) is 2.38. The number of carbonyl (C=O) groups is 2. The fraction of sp³-hybridized carbons (Fsp3) is 0.333. The Hall–Kier alpha value is -1.84. The molecule has 1 heterocycles. The van der Waals surface area contributed by atoms with Crippen molar-refractivity contribution in [2.45, 2.75) is 13.8 Å². The molecule has 4 nitrogen and oxygen atoms in total. The number of amides is 2. The van der Waals surface area contributed by atoms with Gasteiger partial charge in [0.25, 0.3) is 5.91 Å². The van der Waals surface area contributed by atoms with Crippen LogP contribution in [0.25, 0.3) is 0 Å². The summed E-state index contributed by atoms with van der Waals surface area (Å²) in [6.45, 7) is 4.47. The Morgan fingerprint density at radius 1 is 1.38 bits per heavy atom. The highest BCUT2D eigenvalue weighted by molar-refractivity contribution is 6.09. The minimum Gasteiger partial charge on any atom is -0.343 e. The molecule has 1 N–H and O–H groups in total. The fourth-order valence-electron chi connectivity index (χ4n) is 1.89. The van der Waals surface area contributed by atoms with Crippen LogP contribution in [0, 0.1) is 6.92 Å². The van der Waals surface area contributed by atoms with Crippen molar-refractivity contribution in [3.05, 3.63) is 29.3 Å². The van der Waals surface area contributed by atoms with E-state index in [1.807, 2.05) is 32.0 Å². The van der Waals surface area contributed by atoms with Crippen molar-refractivity contribution >= 4 is 17.5 Å². The Balaban J connectivity index is 2.58. The molecule has 1 aromatic carbocycles. The second kappa shape index (κ2) is 3.96. The Labute approximate surface area is 94.2 Å². The van der Waals surface area contributed by atoms with Gasteiger partial charge in [-0.3, -0.25) is 9.59 Å². The second-order valence-electron chi connectivity index (χ2n) is 3.84. The van der Waals surface area contributed by atoms with Crippen molar-refractivity contribution in [3.8, 4) is 0 Å². The van der Waals surface area contributed by atoms with Crippen molar-refractivity contribution in [3.63, 3.8) is 0 Å². The molecule has 0 unspecified atom stereocenters. The third-order valence-electron chi connectivity index (χ3n) is 2.70. The number of hydrogen-bond donors (Lipinski definition) is 1. The highest BCUT2D eigenvalue weighted by Crippen LogP contribution is 2.23. The maximum atomic E-state index is 11.8. The van der Waals surface area contributed by atoms with Gasteiger partial charge in [0.1, 0.15) is 0 Å². The van der Waals surface area contributed by atoms with Crippen molar-refractivity contribution in [2.24, 2.45) is 0 Å². The van der Waals surface area contributed by atoms with Gasteiger partial charge >= 0.3 is 0 Å². The first-order valence-corrected chi connectivity index (χ1v) is 5.32. The summed E-state index contributed by atoms with van der Waals surface area (Å²) in [6, 6.07) is 5.55. The van der Waals surface area contributed by atoms with Crippen LogP contribution in [0.15, 0.2) is 18.2 Å². The van der Waals surface area contributed by atoms with E-state index in [1.165, 1.54) is 0 Å². The lowest BCUT2D eigenvalue weighted by atomic mass is 10.1. The molecule has 0 saturated carbocycles. The molecular weight excluding hydrogens is 204 g/mol. The zero-order valence-electron chi connectivity index (χ0n) is 9.41. The van der Waals surface area contributed by atoms with Gasteiger partial charge in [0.15, 0.2) is 0 Å². The molecule has 0 radical (unpaired) electrons. The molecule has 0 aromatic heterocycles. The van der Waals surface area contributed by atoms with Crippen LogP contribution in [0.1, 0.15) is 22.8 Å². The maximum absolute atomic E-state index is 11.8. The van der Waals surface area contributed by atoms with Gasteiger partial charge in [-0.25, -0.2) is 0 Å². The second-order valence-corrected chi connectivity index (χ2v) is 3.84. The third kappa shape index (κ3) is 1.66. The van der Waals surface area contributed by atoms with Crippen molar-refractivity contribution in [2.75, 3.05) is 18.0 Å². The molecule has 0 fully saturated rings. The molecule has 0 aliphatic carbocycles. The summed E-state index contributed by atoms with van der Waals surface area (Å²) in [5.74, 6) is -0.249. The molecule has 4 heteroatoms. The molecule has 0 bridgehead atoms. The number of aryl methyl sites for hydroxylation is 1. The maximum Gasteiger partial charge on any atom is 0.253 e. The normalized spacial score (nSPS) is 15.5. The summed E-state index contributed by atoms with van der Waals surface area (Å²) in [6.07, 6.45) is 0. The van der Waals surface area contributed by atoms with E-state index in [4.69, 9.17) is 0 Å². The lowest BCUT2D eigenvalue weighted by Gasteiger charge is -2.20. The topological polar surface area (TPSA) is 49.4 Å². The lowest BCUT2D eigenvalue weighted by molar-refractivity contribution is -0.117. The van der Waals surface area contributed by atoms with Crippen LogP contribution in [0.5, 0.6) is 0 Å². The molecule has 2 rings (SSSR count). The zero-order valence-corrected chi connectivity index (χ0v) is 9.41. The van der Waals surface area contributed by atoms with Gasteiger partial charge in [0.2, 0.25) is 5.91 Å². The van der Waals surface area contributed by atoms with Crippen LogP contribution in [-0.2, 0) is 4.79 Å². The molecule has 0 atom stereocenters. The average molecular weight is 218 g/mol. The van der Waals surface area contributed by atoms with E-state index in [1.54, 1.807) is 4.90 Å². The quantitative estimate of drug-likeness (QED) is 0.767. The van der Waals surface area contributed by atoms with E-state index in [-0.39, 0.29) is 18.4 Å². The van der Waals surface area contributed by atoms with Gasteiger partial charge in [-0.1, -0.05) is 11.6 Å². The molecule has 0 spiro atoms. The number of carbonyl (C=O) groups excluding carboxylic acids is 2. The van der Waals surface area contributed by atoms with Crippen molar-refractivity contribution < 1.29 is 9.59 Å². The summed E-state index contributed by atoms with van der Waals surface area (Å²) >= 11 is 0. The van der Waals surface area contributed by atoms with Gasteiger partial charge in [-0.15, -0.1) is 0 Å². The SMILES string of the molecule is CCN1C(=O)CNC(=O)c2cc(C)ccc21. The minimum absolute atomic E-state index is 0.0698. The predicted octanol–water partition coefficient (Wildman–Crippen LogP) is 1.09. The van der Waals surface area contributed by atoms with Gasteiger partial charge < -0.3 is 10.2 Å². The Bertz CT molecular complexity index is 454. The summed E-state index contributed by atoms with van der Waals surface area (Å²) in [4.78, 5) is 25.2. The van der Waals surface area contributed by atoms with E-state index in [2.05, 4.69) is 5.32 Å². The number of likely N-dealkylation sites (N-methyl/N-ethyl adjacent to an activating group) is 1. The molecule has 84 valence electrons. The summed E-state index contributed by atoms with van der Waals surface area (Å²) in [5.41, 5.74) is 2.29. The zero-order chi connectivity index (χ0) is 11.7. The fourth-order valence-corrected chi connectivity index (χ4v) is 1.89. The van der Waals surface area contributed by atoms with Crippen LogP contribution in [0.2, 0.25) is 0 Å². The Morgan fingerprint density at radius 2 is 2.12 bits per heavy atom. The lowest BCUT2D eigenvalue weighted by Crippen LogP contribution is -2.36. The van der Waals surface area contributed by atoms with Gasteiger partial charge in [0, 0.05) is 6.54 Å². The van der Waals surface area contributed by atoms with Crippen LogP contribution in [-0.4, -0.2) is 24.9 Å². The summed E-state index contributed by atoms with van der Waals surface area (Å²) < 4.78 is 0. The van der Waals surface area contributed by atoms with E-state index in [0.29, 0.717) is 17.8 Å². The first-order chi connectivity index (χ1) is 7.63. The van der Waals surface area contributed by atoms with E-state index in [9.17, 15) is 9.59 Å². The van der Waals surface area contributed by atoms with Crippen LogP contribution < -0.4 is 10.2 Å². The smallest absolute Gasteiger partial charge is 0.253 e. The molecule has 1 aromatic rings. The van der Waals surface area contributed by atoms with Gasteiger partial charge in [-0.2, -0.15) is 0 Å². The largest absolute Gasteiger partial charge is 0.343 e. The number of hydrogen-bond acceptors (Lipinski definition) is 2. The van der Waals surface area contributed by atoms with Gasteiger partial charge in [0.05, 0.1) is 17.8 Å². The Morgan fingerprint density at radius 3 is 2.81 bits per heavy atom. The number of anilines is 1. The van der Waals surface area contributed by atoms with Crippen molar-refractivity contribution in [1.29, 1.82) is 0 Å². The summed E-state index contributed by atoms with van der Waals surface area (Å²) in [7, 11) is 0. The molecule has 16 heavy (non-hydrogen) atoms. The number of benzene rings is 1. The van der Waals surface area contributed by atoms with Crippen LogP contribution in [0.3, 0.4) is 0 Å². The van der Waals surface area contributed by atoms with E-state index < -0.39 is 0 Å². The minimum atomic E-state index is -0.178. The molecular formula is C12H14N2O2. The molecule has 0 saturated heterocycles. The van der Waals surface area contributed by atoms with Crippen LogP contribution in [0.4, 0.5) is 5.69 Å². The number of fused-ring (bicyclic) bond motifs is 1. The predicted molar refractivity (Wildman–Crippen MR) is 61.5 cm³/mol. The molecule has 1 aliphatic rings. The number of rotatable bonds is 1. The van der Waals surface area contributed by atoms with Gasteiger partial charge in [-0.05, 0) is 26.0 Å². The van der Waals surface area contributed by atoms with E-state index in [0.717, 1.165) is 5.56 Å². The molecule has 2 amide bonds. The first-order valence-electron chi connectivity index (χ1n) is 5.32. The monoisotopic (exact) mass is 218 g/mol. The van der Waals surface area contributed by atoms with Crippen molar-refractivity contribution in [1.82, 2.24) is 5.32 Å². The van der Waals surface area contributed by atoms with Crippen LogP contribution >= 0.6 is 0 Å². The standard InChI is InChI=1S/C12H14N2O2/c1-3-14-10-5-4-8(2)6-9(10)12(16)13-7-11(14)15/h4-6H,3,7H2,1-2H3,(H,13,16). The summed E-state index contributed by atoms with van der Waals surface area (Å²) in [5, 5.41) is 2.61. The first kappa shape index (κ1) is 10.7. The number of nitrogens with one attached hydrogen (secondary N) is 1. The van der Waals surface area contributed by atoms with E-state index >= 15 is 0 Å².